The second-order valence-corrected chi connectivity index (χ2v) is 7.03. The molecule has 0 bridgehead atoms. The molecule has 0 amide bonds. The first-order valence-electron chi connectivity index (χ1n) is 6.23. The van der Waals surface area contributed by atoms with Gasteiger partial charge in [0.2, 0.25) is 14.9 Å². The summed E-state index contributed by atoms with van der Waals surface area (Å²) in [7, 11) is -2.39. The van der Waals surface area contributed by atoms with Gasteiger partial charge in [-0.1, -0.05) is 20.3 Å². The normalized spacial score (nSPS) is 13.4. The second kappa shape index (κ2) is 6.53. The van der Waals surface area contributed by atoms with Crippen molar-refractivity contribution in [3.05, 3.63) is 15.8 Å². The fraction of sp³-hybridized carbons (Fsp3) is 0.727. The Morgan fingerprint density at radius 1 is 1.50 bits per heavy atom. The predicted molar refractivity (Wildman–Crippen MR) is 75.8 cm³/mol. The van der Waals surface area contributed by atoms with Crippen LogP contribution in [0.3, 0.4) is 0 Å². The third-order valence-corrected chi connectivity index (χ3v) is 5.35. The van der Waals surface area contributed by atoms with Crippen molar-refractivity contribution in [2.24, 2.45) is 13.0 Å². The molecular weight excluding hydrogens is 306 g/mol. The molecule has 9 heteroatoms. The molecule has 1 aromatic heterocycles. The number of rotatable bonds is 7. The topological polar surface area (TPSA) is 95.1 Å². The Morgan fingerprint density at radius 2 is 2.10 bits per heavy atom. The third kappa shape index (κ3) is 3.49. The van der Waals surface area contributed by atoms with Gasteiger partial charge in [0.15, 0.2) is 0 Å². The van der Waals surface area contributed by atoms with E-state index in [-0.39, 0.29) is 28.3 Å². The van der Waals surface area contributed by atoms with Crippen molar-refractivity contribution in [3.8, 4) is 0 Å². The lowest BCUT2D eigenvalue weighted by molar-refractivity contribution is -0.388. The summed E-state index contributed by atoms with van der Waals surface area (Å²) in [6.45, 7) is 3.53. The third-order valence-electron chi connectivity index (χ3n) is 2.77. The highest BCUT2D eigenvalue weighted by molar-refractivity contribution is 7.91. The van der Waals surface area contributed by atoms with Crippen LogP contribution in [0.25, 0.3) is 0 Å². The van der Waals surface area contributed by atoms with Gasteiger partial charge in [-0.25, -0.2) is 8.42 Å². The minimum Gasteiger partial charge on any atom is -0.258 e. The summed E-state index contributed by atoms with van der Waals surface area (Å²) < 4.78 is 25.8. The smallest absolute Gasteiger partial charge is 0.258 e. The predicted octanol–water partition coefficient (Wildman–Crippen LogP) is 1.93. The van der Waals surface area contributed by atoms with Gasteiger partial charge in [0.1, 0.15) is 5.69 Å². The molecule has 0 aliphatic rings. The highest BCUT2D eigenvalue weighted by Crippen LogP contribution is 2.30. The van der Waals surface area contributed by atoms with Gasteiger partial charge in [0.25, 0.3) is 0 Å². The minimum atomic E-state index is -3.80. The fourth-order valence-electron chi connectivity index (χ4n) is 1.99. The average Bonchev–Trinajstić information content (AvgIpc) is 2.66. The van der Waals surface area contributed by atoms with E-state index in [9.17, 15) is 18.5 Å². The van der Waals surface area contributed by atoms with Crippen LogP contribution >= 0.6 is 11.6 Å². The first kappa shape index (κ1) is 16.9. The second-order valence-electron chi connectivity index (χ2n) is 4.77. The van der Waals surface area contributed by atoms with E-state index in [4.69, 9.17) is 11.6 Å². The zero-order valence-electron chi connectivity index (χ0n) is 11.7. The fourth-order valence-corrected chi connectivity index (χ4v) is 4.18. The number of aryl methyl sites for hydroxylation is 2. The van der Waals surface area contributed by atoms with Crippen molar-refractivity contribution >= 4 is 27.1 Å². The van der Waals surface area contributed by atoms with Gasteiger partial charge < -0.3 is 0 Å². The van der Waals surface area contributed by atoms with Crippen LogP contribution in [0.2, 0.25) is 0 Å². The highest BCUT2D eigenvalue weighted by atomic mass is 35.5. The molecule has 0 fully saturated rings. The Kier molecular flexibility index (Phi) is 5.52. The number of hydrogen-bond acceptors (Lipinski definition) is 5. The molecule has 1 aromatic rings. The van der Waals surface area contributed by atoms with Crippen molar-refractivity contribution in [1.82, 2.24) is 9.78 Å². The lowest BCUT2D eigenvalue weighted by atomic mass is 10.2. The van der Waals surface area contributed by atoms with Crippen molar-refractivity contribution in [2.75, 3.05) is 11.6 Å². The van der Waals surface area contributed by atoms with E-state index in [1.807, 2.05) is 6.92 Å². The summed E-state index contributed by atoms with van der Waals surface area (Å²) in [5.41, 5.74) is -0.201. The van der Waals surface area contributed by atoms with Gasteiger partial charge in [0.05, 0.1) is 10.7 Å². The van der Waals surface area contributed by atoms with Crippen molar-refractivity contribution < 1.29 is 13.3 Å². The van der Waals surface area contributed by atoms with Crippen molar-refractivity contribution in [3.63, 3.8) is 0 Å². The SMILES string of the molecule is CCCc1nn(C)c(S(=O)(=O)CC(C)CCl)c1[N+](=O)[O-]. The van der Waals surface area contributed by atoms with Gasteiger partial charge in [-0.3, -0.25) is 14.8 Å². The molecule has 1 unspecified atom stereocenters. The number of nitrogens with zero attached hydrogens (tertiary/aromatic N) is 3. The Morgan fingerprint density at radius 3 is 2.55 bits per heavy atom. The molecule has 0 aliphatic heterocycles. The monoisotopic (exact) mass is 323 g/mol. The Bertz CT molecular complexity index is 597. The summed E-state index contributed by atoms with van der Waals surface area (Å²) in [6, 6.07) is 0. The van der Waals surface area contributed by atoms with E-state index in [1.165, 1.54) is 7.05 Å². The maximum Gasteiger partial charge on any atom is 0.329 e. The van der Waals surface area contributed by atoms with Crippen LogP contribution < -0.4 is 0 Å². The lowest BCUT2D eigenvalue weighted by Gasteiger charge is -2.08. The maximum atomic E-state index is 12.3. The van der Waals surface area contributed by atoms with Crippen LogP contribution in [0.4, 0.5) is 5.69 Å². The summed E-state index contributed by atoms with van der Waals surface area (Å²) in [4.78, 5) is 10.5. The molecule has 0 N–H and O–H groups in total. The maximum absolute atomic E-state index is 12.3. The standard InChI is InChI=1S/C11H18ClN3O4S/c1-4-5-9-10(15(16)17)11(14(3)13-9)20(18,19)7-8(2)6-12/h8H,4-7H2,1-3H3. The number of hydrogen-bond donors (Lipinski definition) is 0. The van der Waals surface area contributed by atoms with Gasteiger partial charge in [-0.2, -0.15) is 5.10 Å². The lowest BCUT2D eigenvalue weighted by Crippen LogP contribution is -2.19. The largest absolute Gasteiger partial charge is 0.329 e. The Hall–Kier alpha value is -1.15. The molecule has 0 saturated carbocycles. The molecule has 1 heterocycles. The van der Waals surface area contributed by atoms with E-state index in [2.05, 4.69) is 5.10 Å². The Labute approximate surface area is 123 Å². The van der Waals surface area contributed by atoms with Crippen LogP contribution in [0.1, 0.15) is 26.0 Å². The van der Waals surface area contributed by atoms with Crippen LogP contribution in [0, 0.1) is 16.0 Å². The van der Waals surface area contributed by atoms with Crippen LogP contribution in [-0.4, -0.2) is 34.8 Å². The number of alkyl halides is 1. The van der Waals surface area contributed by atoms with Gasteiger partial charge in [-0.05, 0) is 12.3 Å². The molecule has 1 atom stereocenters. The van der Waals surface area contributed by atoms with E-state index in [0.717, 1.165) is 4.68 Å². The molecular formula is C11H18ClN3O4S. The number of aromatic nitrogens is 2. The van der Waals surface area contributed by atoms with E-state index in [0.29, 0.717) is 12.8 Å². The van der Waals surface area contributed by atoms with E-state index >= 15 is 0 Å². The van der Waals surface area contributed by atoms with Gasteiger partial charge in [0, 0.05) is 12.9 Å². The van der Waals surface area contributed by atoms with Crippen LogP contribution in [-0.2, 0) is 23.3 Å². The molecule has 0 saturated heterocycles. The van der Waals surface area contributed by atoms with E-state index in [1.54, 1.807) is 6.92 Å². The van der Waals surface area contributed by atoms with E-state index < -0.39 is 20.4 Å². The number of sulfone groups is 1. The zero-order valence-corrected chi connectivity index (χ0v) is 13.2. The summed E-state index contributed by atoms with van der Waals surface area (Å²) in [5, 5.41) is 14.8. The quantitative estimate of drug-likeness (QED) is 0.434. The number of halogens is 1. The first-order valence-corrected chi connectivity index (χ1v) is 8.42. The molecule has 0 radical (unpaired) electrons. The molecule has 0 aliphatic carbocycles. The zero-order chi connectivity index (χ0) is 15.5. The minimum absolute atomic E-state index is 0.173. The molecule has 7 nitrogen and oxygen atoms in total. The Balaban J connectivity index is 3.40. The number of nitro groups is 1. The summed E-state index contributed by atoms with van der Waals surface area (Å²) in [5.74, 6) is -0.347. The highest BCUT2D eigenvalue weighted by Gasteiger charge is 2.35. The average molecular weight is 324 g/mol. The molecule has 0 spiro atoms. The summed E-state index contributed by atoms with van der Waals surface area (Å²) >= 11 is 5.62. The van der Waals surface area contributed by atoms with Crippen LogP contribution in [0.15, 0.2) is 5.03 Å². The molecule has 20 heavy (non-hydrogen) atoms. The van der Waals surface area contributed by atoms with Crippen LogP contribution in [0.5, 0.6) is 0 Å². The summed E-state index contributed by atoms with van der Waals surface area (Å²) in [6.07, 6.45) is 1.01. The van der Waals surface area contributed by atoms with Crippen molar-refractivity contribution in [1.29, 1.82) is 0 Å². The van der Waals surface area contributed by atoms with Gasteiger partial charge >= 0.3 is 5.69 Å². The molecule has 1 rings (SSSR count). The van der Waals surface area contributed by atoms with Gasteiger partial charge in [-0.15, -0.1) is 11.6 Å². The first-order chi connectivity index (χ1) is 9.24. The van der Waals surface area contributed by atoms with Crippen molar-refractivity contribution in [2.45, 2.75) is 31.7 Å². The molecule has 114 valence electrons. The molecule has 0 aromatic carbocycles.